The normalized spacial score (nSPS) is 13.4. The molecule has 0 fully saturated rings. The quantitative estimate of drug-likeness (QED) is 0.835. The number of terminal acetylenes is 1. The van der Waals surface area contributed by atoms with Gasteiger partial charge in [0, 0.05) is 6.42 Å². The van der Waals surface area contributed by atoms with Gasteiger partial charge < -0.3 is 11.1 Å². The van der Waals surface area contributed by atoms with Crippen molar-refractivity contribution >= 4 is 16.7 Å². The highest BCUT2D eigenvalue weighted by atomic mass is 16.2. The summed E-state index contributed by atoms with van der Waals surface area (Å²) in [5.41, 5.74) is 6.79. The second kappa shape index (κ2) is 6.23. The van der Waals surface area contributed by atoms with Gasteiger partial charge in [-0.2, -0.15) is 0 Å². The smallest absolute Gasteiger partial charge is 0.238 e. The van der Waals surface area contributed by atoms with Crippen molar-refractivity contribution in [1.82, 2.24) is 5.32 Å². The molecule has 2 unspecified atom stereocenters. The summed E-state index contributed by atoms with van der Waals surface area (Å²) in [6.07, 6.45) is 5.42. The van der Waals surface area contributed by atoms with Crippen molar-refractivity contribution in [2.24, 2.45) is 5.73 Å². The Hall–Kier alpha value is -2.31. The molecule has 102 valence electrons. The van der Waals surface area contributed by atoms with Gasteiger partial charge >= 0.3 is 0 Å². The van der Waals surface area contributed by atoms with Gasteiger partial charge in [0.05, 0.1) is 12.1 Å². The fourth-order valence-corrected chi connectivity index (χ4v) is 2.25. The molecule has 0 aliphatic carbocycles. The summed E-state index contributed by atoms with van der Waals surface area (Å²) in [7, 11) is 0. The Kier molecular flexibility index (Phi) is 4.39. The lowest BCUT2D eigenvalue weighted by Crippen LogP contribution is -2.41. The van der Waals surface area contributed by atoms with Gasteiger partial charge in [0.25, 0.3) is 0 Å². The minimum Gasteiger partial charge on any atom is -0.348 e. The number of rotatable bonds is 4. The first-order valence-corrected chi connectivity index (χ1v) is 6.60. The Morgan fingerprint density at radius 1 is 1.30 bits per heavy atom. The third kappa shape index (κ3) is 2.98. The summed E-state index contributed by atoms with van der Waals surface area (Å²) in [4.78, 5) is 11.9. The number of hydrogen-bond acceptors (Lipinski definition) is 2. The van der Waals surface area contributed by atoms with Crippen molar-refractivity contribution in [3.63, 3.8) is 0 Å². The monoisotopic (exact) mass is 266 g/mol. The Balaban J connectivity index is 2.22. The largest absolute Gasteiger partial charge is 0.348 e. The molecule has 3 heteroatoms. The Bertz CT molecular complexity index is 652. The molecule has 20 heavy (non-hydrogen) atoms. The average molecular weight is 266 g/mol. The van der Waals surface area contributed by atoms with Gasteiger partial charge in [0.15, 0.2) is 0 Å². The highest BCUT2D eigenvalue weighted by Crippen LogP contribution is 2.23. The molecule has 0 saturated heterocycles. The van der Waals surface area contributed by atoms with E-state index in [1.54, 1.807) is 0 Å². The highest BCUT2D eigenvalue weighted by molar-refractivity contribution is 5.87. The molecule has 0 spiro atoms. The standard InChI is InChI=1S/C17H18N2O/c1-3-7-16(18)17(20)19-12(2)14-11-6-9-13-8-4-5-10-15(13)14/h1,4-6,8-12,16H,7,18H2,2H3,(H,19,20). The van der Waals surface area contributed by atoms with E-state index >= 15 is 0 Å². The van der Waals surface area contributed by atoms with E-state index in [0.717, 1.165) is 16.3 Å². The molecule has 0 aliphatic rings. The van der Waals surface area contributed by atoms with Crippen molar-refractivity contribution in [2.45, 2.75) is 25.4 Å². The van der Waals surface area contributed by atoms with Gasteiger partial charge in [0.2, 0.25) is 5.91 Å². The van der Waals surface area contributed by atoms with Crippen LogP contribution in [0.5, 0.6) is 0 Å². The number of nitrogens with two attached hydrogens (primary N) is 1. The minimum absolute atomic E-state index is 0.113. The topological polar surface area (TPSA) is 55.1 Å². The third-order valence-electron chi connectivity index (χ3n) is 3.32. The van der Waals surface area contributed by atoms with Crippen molar-refractivity contribution in [2.75, 3.05) is 0 Å². The second-order valence-electron chi connectivity index (χ2n) is 4.81. The van der Waals surface area contributed by atoms with Gasteiger partial charge in [-0.15, -0.1) is 12.3 Å². The zero-order valence-corrected chi connectivity index (χ0v) is 11.5. The van der Waals surface area contributed by atoms with Gasteiger partial charge in [-0.3, -0.25) is 4.79 Å². The number of benzene rings is 2. The van der Waals surface area contributed by atoms with Crippen LogP contribution in [-0.2, 0) is 4.79 Å². The molecule has 2 aromatic carbocycles. The number of hydrogen-bond donors (Lipinski definition) is 2. The maximum absolute atomic E-state index is 11.9. The first-order chi connectivity index (χ1) is 9.63. The first-order valence-electron chi connectivity index (χ1n) is 6.60. The summed E-state index contributed by atoms with van der Waals surface area (Å²) >= 11 is 0. The van der Waals surface area contributed by atoms with Gasteiger partial charge in [-0.1, -0.05) is 42.5 Å². The SMILES string of the molecule is C#CCC(N)C(=O)NC(C)c1cccc2ccccc12. The molecule has 2 rings (SSSR count). The predicted octanol–water partition coefficient (Wildman–Crippen LogP) is 2.37. The summed E-state index contributed by atoms with van der Waals surface area (Å²) in [5.74, 6) is 2.19. The van der Waals surface area contributed by atoms with Crippen molar-refractivity contribution in [3.05, 3.63) is 48.0 Å². The molecule has 2 atom stereocenters. The number of carbonyl (C=O) groups excluding carboxylic acids is 1. The van der Waals surface area contributed by atoms with E-state index in [1.165, 1.54) is 0 Å². The molecule has 0 bridgehead atoms. The first kappa shape index (κ1) is 14.1. The number of carbonyl (C=O) groups is 1. The van der Waals surface area contributed by atoms with Crippen LogP contribution >= 0.6 is 0 Å². The number of nitrogens with one attached hydrogen (secondary N) is 1. The summed E-state index contributed by atoms with van der Waals surface area (Å²) < 4.78 is 0. The van der Waals surface area contributed by atoms with E-state index < -0.39 is 6.04 Å². The van der Waals surface area contributed by atoms with Crippen LogP contribution in [-0.4, -0.2) is 11.9 Å². The predicted molar refractivity (Wildman–Crippen MR) is 81.9 cm³/mol. The van der Waals surface area contributed by atoms with Crippen LogP contribution in [0.1, 0.15) is 24.9 Å². The van der Waals surface area contributed by atoms with E-state index in [2.05, 4.69) is 29.4 Å². The molecule has 0 saturated carbocycles. The van der Waals surface area contributed by atoms with Crippen LogP contribution in [0.4, 0.5) is 0 Å². The second-order valence-corrected chi connectivity index (χ2v) is 4.81. The Labute approximate surface area is 119 Å². The Morgan fingerprint density at radius 3 is 2.75 bits per heavy atom. The lowest BCUT2D eigenvalue weighted by molar-refractivity contribution is -0.122. The zero-order valence-electron chi connectivity index (χ0n) is 11.5. The molecule has 0 aliphatic heterocycles. The summed E-state index contributed by atoms with van der Waals surface area (Å²) in [6, 6.07) is 13.4. The average Bonchev–Trinajstić information content (AvgIpc) is 2.46. The molecule has 0 heterocycles. The van der Waals surface area contributed by atoms with Gasteiger partial charge in [-0.05, 0) is 23.3 Å². The number of amides is 1. The van der Waals surface area contributed by atoms with E-state index in [9.17, 15) is 4.79 Å². The van der Waals surface area contributed by atoms with E-state index in [4.69, 9.17) is 12.2 Å². The number of fused-ring (bicyclic) bond motifs is 1. The maximum Gasteiger partial charge on any atom is 0.238 e. The fraction of sp³-hybridized carbons (Fsp3) is 0.235. The zero-order chi connectivity index (χ0) is 14.5. The summed E-state index contributed by atoms with van der Waals surface area (Å²) in [5, 5.41) is 5.20. The van der Waals surface area contributed by atoms with Gasteiger partial charge in [0.1, 0.15) is 0 Å². The third-order valence-corrected chi connectivity index (χ3v) is 3.32. The van der Waals surface area contributed by atoms with Crippen LogP contribution in [0.2, 0.25) is 0 Å². The van der Waals surface area contributed by atoms with Crippen LogP contribution in [0.15, 0.2) is 42.5 Å². The molecular formula is C17H18N2O. The highest BCUT2D eigenvalue weighted by Gasteiger charge is 2.16. The van der Waals surface area contributed by atoms with Crippen LogP contribution in [0.25, 0.3) is 10.8 Å². The van der Waals surface area contributed by atoms with Crippen LogP contribution in [0.3, 0.4) is 0 Å². The van der Waals surface area contributed by atoms with E-state index in [1.807, 2.05) is 31.2 Å². The molecule has 3 N–H and O–H groups in total. The van der Waals surface area contributed by atoms with Crippen LogP contribution < -0.4 is 11.1 Å². The van der Waals surface area contributed by atoms with E-state index in [0.29, 0.717) is 0 Å². The fourth-order valence-electron chi connectivity index (χ4n) is 2.25. The molecular weight excluding hydrogens is 248 g/mol. The lowest BCUT2D eigenvalue weighted by Gasteiger charge is -2.18. The van der Waals surface area contributed by atoms with Crippen LogP contribution in [0, 0.1) is 12.3 Å². The van der Waals surface area contributed by atoms with Gasteiger partial charge in [-0.25, -0.2) is 0 Å². The molecule has 1 amide bonds. The van der Waals surface area contributed by atoms with Crippen molar-refractivity contribution in [1.29, 1.82) is 0 Å². The van der Waals surface area contributed by atoms with Crippen molar-refractivity contribution < 1.29 is 4.79 Å². The lowest BCUT2D eigenvalue weighted by atomic mass is 9.99. The van der Waals surface area contributed by atoms with Crippen molar-refractivity contribution in [3.8, 4) is 12.3 Å². The summed E-state index contributed by atoms with van der Waals surface area (Å²) in [6.45, 7) is 1.95. The minimum atomic E-state index is -0.655. The molecule has 2 aromatic rings. The molecule has 3 nitrogen and oxygen atoms in total. The molecule has 0 radical (unpaired) electrons. The van der Waals surface area contributed by atoms with E-state index in [-0.39, 0.29) is 18.4 Å². The maximum atomic E-state index is 11.9. The Morgan fingerprint density at radius 2 is 2.00 bits per heavy atom. The molecule has 0 aromatic heterocycles.